The SMILES string of the molecule is Cc1ccc(-c2ncc(F)cn2)c(C(=O)N2C[C@@H]3C[C@@H]3C[C@H]2CNc2ccc(C(F)(F)F)cn2)n1. The predicted molar refractivity (Wildman–Crippen MR) is 119 cm³/mol. The van der Waals surface area contributed by atoms with Crippen LogP contribution in [0.25, 0.3) is 11.4 Å². The van der Waals surface area contributed by atoms with E-state index in [9.17, 15) is 22.4 Å². The van der Waals surface area contributed by atoms with Gasteiger partial charge in [0.1, 0.15) is 11.5 Å². The Hall–Kier alpha value is -3.63. The molecule has 3 aromatic heterocycles. The molecule has 2 aliphatic rings. The van der Waals surface area contributed by atoms with E-state index in [2.05, 4.69) is 25.3 Å². The fourth-order valence-corrected chi connectivity index (χ4v) is 4.52. The number of hydrogen-bond acceptors (Lipinski definition) is 6. The third-order valence-electron chi connectivity index (χ3n) is 6.48. The standard InChI is InChI=1S/C24H22F4N6O/c1-13-2-4-19(22-31-9-17(25)10-32-22)21(33-13)23(35)34-12-15-6-14(15)7-18(34)11-30-20-5-3-16(8-29-20)24(26,27)28/h2-5,8-10,14-15,18H,6-7,11-12H2,1H3,(H,29,30)/t14-,15+,18+/m1/s1. The van der Waals surface area contributed by atoms with Gasteiger partial charge in [-0.3, -0.25) is 4.79 Å². The number of anilines is 1. The average Bonchev–Trinajstić information content (AvgIpc) is 3.60. The van der Waals surface area contributed by atoms with E-state index in [1.54, 1.807) is 24.0 Å². The number of carbonyl (C=O) groups excluding carboxylic acids is 1. The lowest BCUT2D eigenvalue weighted by Crippen LogP contribution is -2.48. The molecule has 1 saturated carbocycles. The van der Waals surface area contributed by atoms with Gasteiger partial charge in [-0.05, 0) is 55.9 Å². The topological polar surface area (TPSA) is 83.9 Å². The Kier molecular flexibility index (Phi) is 5.86. The Morgan fingerprint density at radius 1 is 1.06 bits per heavy atom. The van der Waals surface area contributed by atoms with Crippen molar-refractivity contribution in [3.8, 4) is 11.4 Å². The first kappa shape index (κ1) is 23.1. The van der Waals surface area contributed by atoms with Gasteiger partial charge in [0.25, 0.3) is 5.91 Å². The second-order valence-electron chi connectivity index (χ2n) is 8.99. The van der Waals surface area contributed by atoms with Crippen molar-refractivity contribution in [2.45, 2.75) is 32.0 Å². The molecule has 0 bridgehead atoms. The van der Waals surface area contributed by atoms with Crippen molar-refractivity contribution in [2.24, 2.45) is 11.8 Å². The first-order valence-electron chi connectivity index (χ1n) is 11.2. The lowest BCUT2D eigenvalue weighted by Gasteiger charge is -2.36. The average molecular weight is 486 g/mol. The molecule has 1 N–H and O–H groups in total. The highest BCUT2D eigenvalue weighted by Crippen LogP contribution is 2.47. The number of pyridine rings is 2. The molecule has 3 atom stereocenters. The molecule has 35 heavy (non-hydrogen) atoms. The van der Waals surface area contributed by atoms with Gasteiger partial charge in [-0.15, -0.1) is 0 Å². The zero-order chi connectivity index (χ0) is 24.7. The number of rotatable bonds is 5. The maximum atomic E-state index is 13.7. The summed E-state index contributed by atoms with van der Waals surface area (Å²) in [5.41, 5.74) is 0.423. The number of nitrogens with zero attached hydrogens (tertiary/aromatic N) is 5. The van der Waals surface area contributed by atoms with Crippen LogP contribution in [-0.4, -0.2) is 49.9 Å². The fourth-order valence-electron chi connectivity index (χ4n) is 4.52. The number of halogens is 4. The monoisotopic (exact) mass is 486 g/mol. The Bertz CT molecular complexity index is 1230. The first-order chi connectivity index (χ1) is 16.7. The summed E-state index contributed by atoms with van der Waals surface area (Å²) in [5.74, 6) is 0.589. The largest absolute Gasteiger partial charge is 0.417 e. The number of alkyl halides is 3. The van der Waals surface area contributed by atoms with Crippen molar-refractivity contribution in [2.75, 3.05) is 18.4 Å². The predicted octanol–water partition coefficient (Wildman–Crippen LogP) is 4.36. The second kappa shape index (κ2) is 8.86. The molecule has 3 aromatic rings. The van der Waals surface area contributed by atoms with Crippen molar-refractivity contribution in [3.05, 3.63) is 65.6 Å². The van der Waals surface area contributed by atoms with Crippen molar-refractivity contribution in [3.63, 3.8) is 0 Å². The van der Waals surface area contributed by atoms with Gasteiger partial charge in [0.05, 0.1) is 23.5 Å². The molecule has 1 amide bonds. The van der Waals surface area contributed by atoms with Crippen LogP contribution in [0.5, 0.6) is 0 Å². The van der Waals surface area contributed by atoms with E-state index < -0.39 is 17.6 Å². The number of aromatic nitrogens is 4. The molecule has 0 spiro atoms. The minimum Gasteiger partial charge on any atom is -0.368 e. The summed E-state index contributed by atoms with van der Waals surface area (Å²) in [4.78, 5) is 31.8. The van der Waals surface area contributed by atoms with Gasteiger partial charge < -0.3 is 10.2 Å². The van der Waals surface area contributed by atoms with Gasteiger partial charge in [-0.25, -0.2) is 24.3 Å². The number of hydrogen-bond donors (Lipinski definition) is 1. The number of likely N-dealkylation sites (tertiary alicyclic amines) is 1. The van der Waals surface area contributed by atoms with Crippen molar-refractivity contribution < 1.29 is 22.4 Å². The number of carbonyl (C=O) groups is 1. The number of piperidine rings is 1. The normalized spacial score (nSPS) is 21.4. The molecular weight excluding hydrogens is 464 g/mol. The van der Waals surface area contributed by atoms with Gasteiger partial charge >= 0.3 is 6.18 Å². The highest BCUT2D eigenvalue weighted by atomic mass is 19.4. The van der Waals surface area contributed by atoms with E-state index in [1.807, 2.05) is 0 Å². The molecule has 0 unspecified atom stereocenters. The summed E-state index contributed by atoms with van der Waals surface area (Å²) in [6, 6.07) is 5.50. The molecule has 5 rings (SSSR count). The van der Waals surface area contributed by atoms with E-state index in [0.717, 1.165) is 37.5 Å². The smallest absolute Gasteiger partial charge is 0.368 e. The van der Waals surface area contributed by atoms with Crippen LogP contribution in [-0.2, 0) is 6.18 Å². The minimum atomic E-state index is -4.45. The van der Waals surface area contributed by atoms with Crippen LogP contribution in [0.2, 0.25) is 0 Å². The summed E-state index contributed by atoms with van der Waals surface area (Å²) < 4.78 is 51.8. The van der Waals surface area contributed by atoms with Crippen LogP contribution in [0, 0.1) is 24.6 Å². The number of aryl methyl sites for hydroxylation is 1. The van der Waals surface area contributed by atoms with E-state index in [-0.39, 0.29) is 23.5 Å². The fraction of sp³-hybridized carbons (Fsp3) is 0.375. The third-order valence-corrected chi connectivity index (χ3v) is 6.48. The van der Waals surface area contributed by atoms with E-state index in [4.69, 9.17) is 0 Å². The van der Waals surface area contributed by atoms with E-state index >= 15 is 0 Å². The molecule has 0 radical (unpaired) electrons. The zero-order valence-corrected chi connectivity index (χ0v) is 18.8. The van der Waals surface area contributed by atoms with E-state index in [1.165, 1.54) is 6.07 Å². The molecule has 2 fully saturated rings. The van der Waals surface area contributed by atoms with Crippen LogP contribution in [0.1, 0.15) is 34.6 Å². The minimum absolute atomic E-state index is 0.188. The molecule has 182 valence electrons. The molecule has 1 saturated heterocycles. The van der Waals surface area contributed by atoms with Crippen LogP contribution in [0.15, 0.2) is 42.9 Å². The quantitative estimate of drug-likeness (QED) is 0.540. The zero-order valence-electron chi connectivity index (χ0n) is 18.8. The maximum Gasteiger partial charge on any atom is 0.417 e. The Labute approximate surface area is 198 Å². The second-order valence-corrected chi connectivity index (χ2v) is 8.99. The Balaban J connectivity index is 1.38. The van der Waals surface area contributed by atoms with Gasteiger partial charge in [-0.2, -0.15) is 13.2 Å². The van der Waals surface area contributed by atoms with E-state index in [0.29, 0.717) is 42.0 Å². The van der Waals surface area contributed by atoms with Gasteiger partial charge in [0, 0.05) is 31.0 Å². The van der Waals surface area contributed by atoms with Gasteiger partial charge in [0.2, 0.25) is 0 Å². The van der Waals surface area contributed by atoms with Crippen LogP contribution >= 0.6 is 0 Å². The number of amides is 1. The molecule has 11 heteroatoms. The Morgan fingerprint density at radius 2 is 1.83 bits per heavy atom. The maximum absolute atomic E-state index is 13.7. The number of fused-ring (bicyclic) bond motifs is 1. The summed E-state index contributed by atoms with van der Waals surface area (Å²) in [5, 5.41) is 3.07. The van der Waals surface area contributed by atoms with Crippen LogP contribution in [0.4, 0.5) is 23.4 Å². The first-order valence-corrected chi connectivity index (χ1v) is 11.2. The third kappa shape index (κ3) is 4.94. The highest BCUT2D eigenvalue weighted by molar-refractivity contribution is 5.98. The molecule has 4 heterocycles. The summed E-state index contributed by atoms with van der Waals surface area (Å²) >= 11 is 0. The van der Waals surface area contributed by atoms with Crippen molar-refractivity contribution in [1.82, 2.24) is 24.8 Å². The van der Waals surface area contributed by atoms with Gasteiger partial charge in [0.15, 0.2) is 11.6 Å². The molecule has 1 aliphatic heterocycles. The molecule has 0 aromatic carbocycles. The van der Waals surface area contributed by atoms with Crippen LogP contribution in [0.3, 0.4) is 0 Å². The molecule has 1 aliphatic carbocycles. The number of nitrogens with one attached hydrogen (secondary N) is 1. The van der Waals surface area contributed by atoms with Gasteiger partial charge in [-0.1, -0.05) is 0 Å². The Morgan fingerprint density at radius 3 is 2.51 bits per heavy atom. The summed E-state index contributed by atoms with van der Waals surface area (Å²) in [6.45, 7) is 2.67. The van der Waals surface area contributed by atoms with Crippen molar-refractivity contribution in [1.29, 1.82) is 0 Å². The molecular formula is C24H22F4N6O. The summed E-state index contributed by atoms with van der Waals surface area (Å²) in [7, 11) is 0. The molecule has 7 nitrogen and oxygen atoms in total. The summed E-state index contributed by atoms with van der Waals surface area (Å²) in [6.07, 6.45) is 0.221. The van der Waals surface area contributed by atoms with Crippen molar-refractivity contribution >= 4 is 11.7 Å². The highest BCUT2D eigenvalue weighted by Gasteiger charge is 2.47. The lowest BCUT2D eigenvalue weighted by molar-refractivity contribution is -0.137. The lowest BCUT2D eigenvalue weighted by atomic mass is 10.00. The van der Waals surface area contributed by atoms with Crippen LogP contribution < -0.4 is 5.32 Å².